The van der Waals surface area contributed by atoms with E-state index in [2.05, 4.69) is 26.1 Å². The van der Waals surface area contributed by atoms with Crippen LogP contribution in [-0.4, -0.2) is 42.1 Å². The summed E-state index contributed by atoms with van der Waals surface area (Å²) in [5.41, 5.74) is 0. The molecule has 2 amide bonds. The van der Waals surface area contributed by atoms with E-state index in [-0.39, 0.29) is 12.5 Å². The highest BCUT2D eigenvalue weighted by Gasteiger charge is 2.12. The van der Waals surface area contributed by atoms with Crippen LogP contribution >= 0.6 is 0 Å². The zero-order chi connectivity index (χ0) is 14.8. The maximum absolute atomic E-state index is 11.7. The topological polar surface area (TPSA) is 69.6 Å². The van der Waals surface area contributed by atoms with Gasteiger partial charge in [-0.3, -0.25) is 4.79 Å². The lowest BCUT2D eigenvalue weighted by Gasteiger charge is -2.21. The number of carbonyl (C=O) groups excluding carboxylic acids is 1. The summed E-state index contributed by atoms with van der Waals surface area (Å²) in [6, 6.07) is -0.0539. The molecule has 19 heavy (non-hydrogen) atoms. The molecule has 5 nitrogen and oxygen atoms in total. The summed E-state index contributed by atoms with van der Waals surface area (Å²) in [4.78, 5) is 23.9. The Kier molecular flexibility index (Phi) is 9.00. The van der Waals surface area contributed by atoms with Crippen molar-refractivity contribution in [2.75, 3.05) is 20.1 Å². The van der Waals surface area contributed by atoms with Crippen LogP contribution < -0.4 is 5.32 Å². The molecule has 112 valence electrons. The SMILES string of the molecule is CCC(CCNC(=O)N(C)CC(C)C)CCC(=O)O. The van der Waals surface area contributed by atoms with Crippen molar-refractivity contribution in [1.82, 2.24) is 10.2 Å². The Morgan fingerprint density at radius 1 is 1.26 bits per heavy atom. The summed E-state index contributed by atoms with van der Waals surface area (Å²) < 4.78 is 0. The monoisotopic (exact) mass is 272 g/mol. The number of amides is 2. The van der Waals surface area contributed by atoms with Gasteiger partial charge in [-0.15, -0.1) is 0 Å². The molecule has 0 bridgehead atoms. The van der Waals surface area contributed by atoms with Crippen LogP contribution in [0, 0.1) is 11.8 Å². The molecule has 0 aromatic carbocycles. The van der Waals surface area contributed by atoms with Crippen molar-refractivity contribution >= 4 is 12.0 Å². The average molecular weight is 272 g/mol. The Hall–Kier alpha value is -1.26. The maximum Gasteiger partial charge on any atom is 0.317 e. The van der Waals surface area contributed by atoms with Crippen molar-refractivity contribution in [2.24, 2.45) is 11.8 Å². The fourth-order valence-electron chi connectivity index (χ4n) is 2.03. The van der Waals surface area contributed by atoms with Crippen LogP contribution in [0.4, 0.5) is 4.79 Å². The lowest BCUT2D eigenvalue weighted by atomic mass is 9.97. The molecule has 1 atom stereocenters. The van der Waals surface area contributed by atoms with Gasteiger partial charge in [0.15, 0.2) is 0 Å². The van der Waals surface area contributed by atoms with Crippen molar-refractivity contribution in [3.05, 3.63) is 0 Å². The fraction of sp³-hybridized carbons (Fsp3) is 0.857. The van der Waals surface area contributed by atoms with Crippen LogP contribution in [0.3, 0.4) is 0 Å². The number of aliphatic carboxylic acids is 1. The van der Waals surface area contributed by atoms with E-state index in [0.717, 1.165) is 19.4 Å². The average Bonchev–Trinajstić information content (AvgIpc) is 2.31. The third kappa shape index (κ3) is 9.33. The predicted molar refractivity (Wildman–Crippen MR) is 76.1 cm³/mol. The minimum absolute atomic E-state index is 0.0539. The number of nitrogens with one attached hydrogen (secondary N) is 1. The van der Waals surface area contributed by atoms with Gasteiger partial charge in [-0.05, 0) is 24.7 Å². The largest absolute Gasteiger partial charge is 0.481 e. The lowest BCUT2D eigenvalue weighted by Crippen LogP contribution is -2.39. The molecule has 0 aliphatic rings. The van der Waals surface area contributed by atoms with E-state index in [9.17, 15) is 9.59 Å². The quantitative estimate of drug-likeness (QED) is 0.677. The first-order valence-corrected chi connectivity index (χ1v) is 7.07. The highest BCUT2D eigenvalue weighted by molar-refractivity contribution is 5.73. The van der Waals surface area contributed by atoms with Crippen LogP contribution in [0.15, 0.2) is 0 Å². The van der Waals surface area contributed by atoms with E-state index in [0.29, 0.717) is 24.8 Å². The second kappa shape index (κ2) is 9.64. The number of carbonyl (C=O) groups is 2. The van der Waals surface area contributed by atoms with Gasteiger partial charge in [0.05, 0.1) is 0 Å². The minimum Gasteiger partial charge on any atom is -0.481 e. The molecular weight excluding hydrogens is 244 g/mol. The molecule has 0 aliphatic heterocycles. The molecule has 0 aromatic heterocycles. The molecule has 0 radical (unpaired) electrons. The van der Waals surface area contributed by atoms with E-state index in [4.69, 9.17) is 5.11 Å². The number of carboxylic acid groups (broad SMARTS) is 1. The maximum atomic E-state index is 11.7. The molecule has 5 heteroatoms. The van der Waals surface area contributed by atoms with E-state index in [1.807, 2.05) is 0 Å². The second-order valence-electron chi connectivity index (χ2n) is 5.50. The summed E-state index contributed by atoms with van der Waals surface area (Å²) in [5.74, 6) is 0.0701. The third-order valence-corrected chi connectivity index (χ3v) is 3.16. The van der Waals surface area contributed by atoms with Gasteiger partial charge >= 0.3 is 12.0 Å². The Bertz CT molecular complexity index is 280. The van der Waals surface area contributed by atoms with Crippen LogP contribution in [0.25, 0.3) is 0 Å². The van der Waals surface area contributed by atoms with Gasteiger partial charge < -0.3 is 15.3 Å². The van der Waals surface area contributed by atoms with Crippen molar-refractivity contribution < 1.29 is 14.7 Å². The smallest absolute Gasteiger partial charge is 0.317 e. The zero-order valence-corrected chi connectivity index (χ0v) is 12.6. The Morgan fingerprint density at radius 2 is 1.89 bits per heavy atom. The molecule has 0 saturated heterocycles. The predicted octanol–water partition coefficient (Wildman–Crippen LogP) is 2.56. The summed E-state index contributed by atoms with van der Waals surface area (Å²) in [6.45, 7) is 7.55. The molecule has 1 unspecified atom stereocenters. The first-order chi connectivity index (χ1) is 8.86. The standard InChI is InChI=1S/C14H28N2O3/c1-5-12(6-7-13(17)18)8-9-15-14(19)16(4)10-11(2)3/h11-12H,5-10H2,1-4H3,(H,15,19)(H,17,18). The molecule has 2 N–H and O–H groups in total. The fourth-order valence-corrected chi connectivity index (χ4v) is 2.03. The number of hydrogen-bond donors (Lipinski definition) is 2. The Balaban J connectivity index is 3.86. The van der Waals surface area contributed by atoms with E-state index in [1.54, 1.807) is 11.9 Å². The van der Waals surface area contributed by atoms with Gasteiger partial charge in [0.1, 0.15) is 0 Å². The Labute approximate surface area is 116 Å². The first-order valence-electron chi connectivity index (χ1n) is 7.07. The molecule has 0 heterocycles. The molecule has 0 fully saturated rings. The van der Waals surface area contributed by atoms with Crippen molar-refractivity contribution in [1.29, 1.82) is 0 Å². The lowest BCUT2D eigenvalue weighted by molar-refractivity contribution is -0.137. The van der Waals surface area contributed by atoms with Gasteiger partial charge in [0, 0.05) is 26.6 Å². The summed E-state index contributed by atoms with van der Waals surface area (Å²) in [7, 11) is 1.79. The first kappa shape index (κ1) is 17.7. The van der Waals surface area contributed by atoms with Crippen molar-refractivity contribution in [3.63, 3.8) is 0 Å². The minimum atomic E-state index is -0.751. The number of hydrogen-bond acceptors (Lipinski definition) is 2. The number of nitrogens with zero attached hydrogens (tertiary/aromatic N) is 1. The van der Waals surface area contributed by atoms with Crippen molar-refractivity contribution in [3.8, 4) is 0 Å². The zero-order valence-electron chi connectivity index (χ0n) is 12.6. The van der Waals surface area contributed by atoms with Crippen LogP contribution in [0.2, 0.25) is 0 Å². The highest BCUT2D eigenvalue weighted by Crippen LogP contribution is 2.14. The van der Waals surface area contributed by atoms with E-state index >= 15 is 0 Å². The van der Waals surface area contributed by atoms with Gasteiger partial charge in [0.2, 0.25) is 0 Å². The second-order valence-corrected chi connectivity index (χ2v) is 5.50. The molecule has 0 saturated carbocycles. The molecule has 0 aromatic rings. The van der Waals surface area contributed by atoms with E-state index in [1.165, 1.54) is 0 Å². The van der Waals surface area contributed by atoms with Gasteiger partial charge in [-0.25, -0.2) is 4.79 Å². The van der Waals surface area contributed by atoms with Gasteiger partial charge in [0.25, 0.3) is 0 Å². The van der Waals surface area contributed by atoms with Crippen LogP contribution in [0.1, 0.15) is 46.5 Å². The molecular formula is C14H28N2O3. The van der Waals surface area contributed by atoms with Crippen molar-refractivity contribution in [2.45, 2.75) is 46.5 Å². The number of urea groups is 1. The molecule has 0 rings (SSSR count). The summed E-state index contributed by atoms with van der Waals surface area (Å²) >= 11 is 0. The van der Waals surface area contributed by atoms with Gasteiger partial charge in [-0.1, -0.05) is 27.2 Å². The van der Waals surface area contributed by atoms with E-state index < -0.39 is 5.97 Å². The highest BCUT2D eigenvalue weighted by atomic mass is 16.4. The number of rotatable bonds is 9. The van der Waals surface area contributed by atoms with Crippen LogP contribution in [-0.2, 0) is 4.79 Å². The normalized spacial score (nSPS) is 12.3. The summed E-state index contributed by atoms with van der Waals surface area (Å²) in [6.07, 6.45) is 2.68. The van der Waals surface area contributed by atoms with Gasteiger partial charge in [-0.2, -0.15) is 0 Å². The number of carboxylic acids is 1. The molecule has 0 aliphatic carbocycles. The third-order valence-electron chi connectivity index (χ3n) is 3.16. The Morgan fingerprint density at radius 3 is 2.37 bits per heavy atom. The summed E-state index contributed by atoms with van der Waals surface area (Å²) in [5, 5.41) is 11.5. The molecule has 0 spiro atoms. The van der Waals surface area contributed by atoms with Crippen LogP contribution in [0.5, 0.6) is 0 Å².